The van der Waals surface area contributed by atoms with Crippen LogP contribution in [-0.2, 0) is 6.42 Å². The number of phenols is 1. The molecule has 0 heterocycles. The van der Waals surface area contributed by atoms with Gasteiger partial charge in [0.2, 0.25) is 0 Å². The number of aryl methyl sites for hydroxylation is 1. The summed E-state index contributed by atoms with van der Waals surface area (Å²) in [6.45, 7) is 2.25. The normalized spacial score (nSPS) is 18.6. The fraction of sp³-hybridized carbons (Fsp3) is 0.625. The molecule has 0 amide bonds. The Hall–Kier alpha value is -1.06. The van der Waals surface area contributed by atoms with Crippen molar-refractivity contribution >= 4 is 0 Å². The van der Waals surface area contributed by atoms with Crippen LogP contribution >= 0.6 is 0 Å². The molecule has 0 aromatic heterocycles. The van der Waals surface area contributed by atoms with Crippen LogP contribution in [0.5, 0.6) is 5.75 Å². The maximum Gasteiger partial charge on any atom is 0.115 e. The van der Waals surface area contributed by atoms with E-state index in [9.17, 15) is 5.11 Å². The third-order valence-corrected chi connectivity index (χ3v) is 3.86. The number of fused-ring (bicyclic) bond motifs is 1. The second kappa shape index (κ2) is 6.92. The lowest BCUT2D eigenvalue weighted by Crippen LogP contribution is -2.26. The Kier molecular flexibility index (Phi) is 5.23. The van der Waals surface area contributed by atoms with Gasteiger partial charge in [0.25, 0.3) is 0 Å². The Morgan fingerprint density at radius 2 is 2.16 bits per heavy atom. The lowest BCUT2D eigenvalue weighted by molar-refractivity contribution is 0.383. The summed E-state index contributed by atoms with van der Waals surface area (Å²) in [5.74, 6) is 0.394. The van der Waals surface area contributed by atoms with Crippen LogP contribution in [0.25, 0.3) is 0 Å². The summed E-state index contributed by atoms with van der Waals surface area (Å²) in [4.78, 5) is 2.23. The predicted molar refractivity (Wildman–Crippen MR) is 79.6 cm³/mol. The van der Waals surface area contributed by atoms with Crippen molar-refractivity contribution in [3.63, 3.8) is 0 Å². The van der Waals surface area contributed by atoms with Crippen LogP contribution in [0.15, 0.2) is 18.2 Å². The number of benzene rings is 1. The average molecular weight is 262 g/mol. The Balaban J connectivity index is 1.82. The van der Waals surface area contributed by atoms with E-state index in [-0.39, 0.29) is 0 Å². The fourth-order valence-electron chi connectivity index (χ4n) is 2.84. The second-order valence-electron chi connectivity index (χ2n) is 5.79. The van der Waals surface area contributed by atoms with Gasteiger partial charge in [-0.05, 0) is 82.5 Å². The molecule has 0 spiro atoms. The van der Waals surface area contributed by atoms with E-state index in [0.717, 1.165) is 19.5 Å². The van der Waals surface area contributed by atoms with E-state index in [1.807, 2.05) is 12.1 Å². The number of aromatic hydroxyl groups is 1. The molecule has 0 aliphatic heterocycles. The minimum absolute atomic E-state index is 0.394. The number of nitrogens with zero attached hydrogens (tertiary/aromatic N) is 1. The van der Waals surface area contributed by atoms with Crippen LogP contribution in [0.4, 0.5) is 0 Å². The molecule has 1 aromatic rings. The first-order valence-electron chi connectivity index (χ1n) is 7.37. The molecule has 1 atom stereocenters. The van der Waals surface area contributed by atoms with Gasteiger partial charge in [0, 0.05) is 6.04 Å². The fourth-order valence-corrected chi connectivity index (χ4v) is 2.84. The van der Waals surface area contributed by atoms with Crippen LogP contribution < -0.4 is 5.32 Å². The molecule has 2 rings (SSSR count). The van der Waals surface area contributed by atoms with E-state index < -0.39 is 0 Å². The van der Waals surface area contributed by atoms with Crippen molar-refractivity contribution in [1.82, 2.24) is 10.2 Å². The van der Waals surface area contributed by atoms with E-state index >= 15 is 0 Å². The standard InChI is InChI=1S/C16H26N2O/c1-18(2)11-4-3-10-17-16-7-5-6-13-12-14(19)8-9-15(13)16/h8-9,12,16-17,19H,3-7,10-11H2,1-2H3. The highest BCUT2D eigenvalue weighted by atomic mass is 16.3. The molecule has 106 valence electrons. The van der Waals surface area contributed by atoms with Crippen molar-refractivity contribution < 1.29 is 5.11 Å². The van der Waals surface area contributed by atoms with E-state index in [2.05, 4.69) is 30.4 Å². The van der Waals surface area contributed by atoms with E-state index in [0.29, 0.717) is 11.8 Å². The Bertz CT molecular complexity index is 404. The van der Waals surface area contributed by atoms with E-state index in [1.165, 1.54) is 36.8 Å². The molecule has 0 saturated carbocycles. The summed E-state index contributed by atoms with van der Waals surface area (Å²) in [7, 11) is 4.24. The second-order valence-corrected chi connectivity index (χ2v) is 5.79. The molecule has 19 heavy (non-hydrogen) atoms. The first-order valence-corrected chi connectivity index (χ1v) is 7.37. The summed E-state index contributed by atoms with van der Waals surface area (Å²) < 4.78 is 0. The van der Waals surface area contributed by atoms with Gasteiger partial charge in [-0.3, -0.25) is 0 Å². The zero-order valence-corrected chi connectivity index (χ0v) is 12.2. The Labute approximate surface area is 116 Å². The summed E-state index contributed by atoms with van der Waals surface area (Å²) in [6.07, 6.45) is 6.00. The minimum Gasteiger partial charge on any atom is -0.508 e. The summed E-state index contributed by atoms with van der Waals surface area (Å²) in [5.41, 5.74) is 2.70. The molecule has 3 heteroatoms. The summed E-state index contributed by atoms with van der Waals surface area (Å²) in [6, 6.07) is 6.30. The lowest BCUT2D eigenvalue weighted by atomic mass is 9.87. The zero-order valence-electron chi connectivity index (χ0n) is 12.2. The topological polar surface area (TPSA) is 35.5 Å². The zero-order chi connectivity index (χ0) is 13.7. The van der Waals surface area contributed by atoms with Gasteiger partial charge in [0.15, 0.2) is 0 Å². The number of nitrogens with one attached hydrogen (secondary N) is 1. The molecular formula is C16H26N2O. The van der Waals surface area contributed by atoms with Crippen LogP contribution in [0.2, 0.25) is 0 Å². The van der Waals surface area contributed by atoms with Crippen molar-refractivity contribution in [2.45, 2.75) is 38.1 Å². The van der Waals surface area contributed by atoms with Crippen molar-refractivity contribution in [3.8, 4) is 5.75 Å². The lowest BCUT2D eigenvalue weighted by Gasteiger charge is -2.26. The first kappa shape index (κ1) is 14.4. The van der Waals surface area contributed by atoms with Crippen LogP contribution in [-0.4, -0.2) is 37.2 Å². The number of hydrogen-bond donors (Lipinski definition) is 2. The molecule has 1 unspecified atom stereocenters. The highest BCUT2D eigenvalue weighted by molar-refractivity contribution is 5.38. The molecular weight excluding hydrogens is 236 g/mol. The molecule has 0 bridgehead atoms. The molecule has 0 radical (unpaired) electrons. The monoisotopic (exact) mass is 262 g/mol. The molecule has 0 saturated heterocycles. The molecule has 1 aromatic carbocycles. The van der Waals surface area contributed by atoms with Gasteiger partial charge in [-0.15, -0.1) is 0 Å². The van der Waals surface area contributed by atoms with Crippen molar-refractivity contribution in [1.29, 1.82) is 0 Å². The number of phenolic OH excluding ortho intramolecular Hbond substituents is 1. The molecule has 1 aliphatic carbocycles. The van der Waals surface area contributed by atoms with Gasteiger partial charge >= 0.3 is 0 Å². The third kappa shape index (κ3) is 4.22. The maximum absolute atomic E-state index is 9.55. The van der Waals surface area contributed by atoms with Crippen LogP contribution in [0, 0.1) is 0 Å². The Morgan fingerprint density at radius 1 is 1.32 bits per heavy atom. The smallest absolute Gasteiger partial charge is 0.115 e. The maximum atomic E-state index is 9.55. The van der Waals surface area contributed by atoms with Gasteiger partial charge in [-0.2, -0.15) is 0 Å². The van der Waals surface area contributed by atoms with Gasteiger partial charge in [-0.1, -0.05) is 6.07 Å². The average Bonchev–Trinajstić information content (AvgIpc) is 2.37. The van der Waals surface area contributed by atoms with Gasteiger partial charge in [-0.25, -0.2) is 0 Å². The third-order valence-electron chi connectivity index (χ3n) is 3.86. The minimum atomic E-state index is 0.394. The molecule has 3 nitrogen and oxygen atoms in total. The van der Waals surface area contributed by atoms with Crippen molar-refractivity contribution in [2.24, 2.45) is 0 Å². The van der Waals surface area contributed by atoms with Gasteiger partial charge < -0.3 is 15.3 Å². The number of hydrogen-bond acceptors (Lipinski definition) is 3. The molecule has 0 fully saturated rings. The van der Waals surface area contributed by atoms with E-state index in [4.69, 9.17) is 0 Å². The van der Waals surface area contributed by atoms with Gasteiger partial charge in [0.05, 0.1) is 0 Å². The first-order chi connectivity index (χ1) is 9.16. The quantitative estimate of drug-likeness (QED) is 0.774. The van der Waals surface area contributed by atoms with Crippen molar-refractivity contribution in [3.05, 3.63) is 29.3 Å². The van der Waals surface area contributed by atoms with Crippen LogP contribution in [0.1, 0.15) is 42.9 Å². The predicted octanol–water partition coefficient (Wildman–Crippen LogP) is 2.70. The SMILES string of the molecule is CN(C)CCCCNC1CCCc2cc(O)ccc21. The highest BCUT2D eigenvalue weighted by Gasteiger charge is 2.19. The largest absolute Gasteiger partial charge is 0.508 e. The van der Waals surface area contributed by atoms with Gasteiger partial charge in [0.1, 0.15) is 5.75 Å². The van der Waals surface area contributed by atoms with E-state index in [1.54, 1.807) is 0 Å². The highest BCUT2D eigenvalue weighted by Crippen LogP contribution is 2.31. The summed E-state index contributed by atoms with van der Waals surface area (Å²) >= 11 is 0. The number of unbranched alkanes of at least 4 members (excludes halogenated alkanes) is 1. The Morgan fingerprint density at radius 3 is 2.95 bits per heavy atom. The molecule has 1 aliphatic rings. The van der Waals surface area contributed by atoms with Crippen LogP contribution in [0.3, 0.4) is 0 Å². The van der Waals surface area contributed by atoms with Crippen molar-refractivity contribution in [2.75, 3.05) is 27.2 Å². The summed E-state index contributed by atoms with van der Waals surface area (Å²) in [5, 5.41) is 13.2. The molecule has 2 N–H and O–H groups in total. The number of rotatable bonds is 6.